The number of carbonyl (C=O) groups excluding carboxylic acids is 1. The molecule has 0 radical (unpaired) electrons. The minimum atomic E-state index is -0.219. The Bertz CT molecular complexity index is 1030. The molecule has 6 heteroatoms. The fraction of sp³-hybridized carbons (Fsp3) is 0.318. The lowest BCUT2D eigenvalue weighted by Crippen LogP contribution is -2.48. The summed E-state index contributed by atoms with van der Waals surface area (Å²) in [4.78, 5) is 22.2. The Labute approximate surface area is 172 Å². The highest BCUT2D eigenvalue weighted by molar-refractivity contribution is 7.18. The molecule has 0 atom stereocenters. The average Bonchev–Trinajstić information content (AvgIpc) is 3.30. The number of hydrogen-bond acceptors (Lipinski definition) is 4. The van der Waals surface area contributed by atoms with Crippen LogP contribution in [-0.4, -0.2) is 37.0 Å². The van der Waals surface area contributed by atoms with Crippen LogP contribution in [0, 0.1) is 12.7 Å². The summed E-state index contributed by atoms with van der Waals surface area (Å²) in [6.07, 6.45) is 2.12. The van der Waals surface area contributed by atoms with Gasteiger partial charge in [0.15, 0.2) is 0 Å². The van der Waals surface area contributed by atoms with Gasteiger partial charge in [0.1, 0.15) is 5.82 Å². The number of thiophene rings is 2. The zero-order chi connectivity index (χ0) is 19.3. The van der Waals surface area contributed by atoms with Crippen molar-refractivity contribution in [3.8, 4) is 10.4 Å². The summed E-state index contributed by atoms with van der Waals surface area (Å²) in [5.74, 6) is -0.0742. The maximum atomic E-state index is 13.1. The zero-order valence-electron chi connectivity index (χ0n) is 15.7. The Balaban J connectivity index is 1.31. The van der Waals surface area contributed by atoms with Crippen LogP contribution in [-0.2, 0) is 12.8 Å². The Morgan fingerprint density at radius 2 is 1.75 bits per heavy atom. The van der Waals surface area contributed by atoms with E-state index in [-0.39, 0.29) is 11.7 Å². The van der Waals surface area contributed by atoms with Gasteiger partial charge in [0.25, 0.3) is 5.91 Å². The van der Waals surface area contributed by atoms with E-state index in [0.717, 1.165) is 36.5 Å². The number of benzene rings is 1. The number of carbonyl (C=O) groups is 1. The molecule has 0 saturated carbocycles. The molecular weight excluding hydrogens is 391 g/mol. The number of halogens is 1. The summed E-state index contributed by atoms with van der Waals surface area (Å²) >= 11 is 3.53. The molecule has 1 aliphatic heterocycles. The summed E-state index contributed by atoms with van der Waals surface area (Å²) in [6, 6.07) is 11.0. The Morgan fingerprint density at radius 1 is 1.00 bits per heavy atom. The van der Waals surface area contributed by atoms with Crippen LogP contribution in [0.3, 0.4) is 0 Å². The number of rotatable bonds is 2. The number of fused-ring (bicyclic) bond motifs is 3. The van der Waals surface area contributed by atoms with Crippen LogP contribution in [0.25, 0.3) is 10.4 Å². The van der Waals surface area contributed by atoms with E-state index in [1.54, 1.807) is 23.5 Å². The van der Waals surface area contributed by atoms with Crippen molar-refractivity contribution in [2.45, 2.75) is 19.8 Å². The summed E-state index contributed by atoms with van der Waals surface area (Å²) in [5, 5.41) is 0. The van der Waals surface area contributed by atoms with Crippen molar-refractivity contribution < 1.29 is 9.18 Å². The topological polar surface area (TPSA) is 23.6 Å². The van der Waals surface area contributed by atoms with Crippen LogP contribution >= 0.6 is 22.7 Å². The van der Waals surface area contributed by atoms with Crippen molar-refractivity contribution in [3.63, 3.8) is 0 Å². The summed E-state index contributed by atoms with van der Waals surface area (Å²) in [5.41, 5.74) is 3.68. The second-order valence-electron chi connectivity index (χ2n) is 7.41. The number of nitrogens with zero attached hydrogens (tertiary/aromatic N) is 2. The molecule has 0 unspecified atom stereocenters. The SMILES string of the molecule is Cc1cc2c(s1)CCc1cc(C(=O)N3CCN(c4ccc(F)cc4)CC3)sc1-2. The summed E-state index contributed by atoms with van der Waals surface area (Å²) in [7, 11) is 0. The van der Waals surface area contributed by atoms with E-state index in [2.05, 4.69) is 24.0 Å². The predicted molar refractivity (Wildman–Crippen MR) is 114 cm³/mol. The largest absolute Gasteiger partial charge is 0.368 e. The molecule has 2 aromatic heterocycles. The smallest absolute Gasteiger partial charge is 0.264 e. The van der Waals surface area contributed by atoms with Crippen molar-refractivity contribution in [2.75, 3.05) is 31.1 Å². The van der Waals surface area contributed by atoms with Gasteiger partial charge in [-0.1, -0.05) is 0 Å². The average molecular weight is 413 g/mol. The molecule has 3 nitrogen and oxygen atoms in total. The lowest BCUT2D eigenvalue weighted by molar-refractivity contribution is 0.0751. The molecule has 0 spiro atoms. The van der Waals surface area contributed by atoms with Gasteiger partial charge in [0.2, 0.25) is 0 Å². The fourth-order valence-electron chi connectivity index (χ4n) is 4.11. The van der Waals surface area contributed by atoms with Gasteiger partial charge in [-0.3, -0.25) is 4.79 Å². The second-order valence-corrected chi connectivity index (χ2v) is 9.81. The maximum absolute atomic E-state index is 13.1. The van der Waals surface area contributed by atoms with Crippen molar-refractivity contribution in [3.05, 3.63) is 62.4 Å². The van der Waals surface area contributed by atoms with E-state index < -0.39 is 0 Å². The van der Waals surface area contributed by atoms with Crippen LogP contribution in [0.2, 0.25) is 0 Å². The number of amides is 1. The van der Waals surface area contributed by atoms with E-state index >= 15 is 0 Å². The third-order valence-corrected chi connectivity index (χ3v) is 7.89. The van der Waals surface area contributed by atoms with E-state index in [0.29, 0.717) is 13.1 Å². The molecule has 144 valence electrons. The number of piperazine rings is 1. The van der Waals surface area contributed by atoms with Crippen molar-refractivity contribution in [1.29, 1.82) is 0 Å². The van der Waals surface area contributed by atoms with Gasteiger partial charge in [-0.05, 0) is 61.7 Å². The summed E-state index contributed by atoms with van der Waals surface area (Å²) in [6.45, 7) is 5.10. The molecule has 5 rings (SSSR count). The highest BCUT2D eigenvalue weighted by Crippen LogP contribution is 2.43. The minimum absolute atomic E-state index is 0.145. The second kappa shape index (κ2) is 7.01. The molecule has 28 heavy (non-hydrogen) atoms. The van der Waals surface area contributed by atoms with Crippen LogP contribution < -0.4 is 4.90 Å². The van der Waals surface area contributed by atoms with E-state index in [1.165, 1.54) is 37.9 Å². The lowest BCUT2D eigenvalue weighted by Gasteiger charge is -2.36. The van der Waals surface area contributed by atoms with Crippen LogP contribution in [0.15, 0.2) is 36.4 Å². The number of hydrogen-bond donors (Lipinski definition) is 0. The molecule has 2 aliphatic rings. The zero-order valence-corrected chi connectivity index (χ0v) is 17.3. The van der Waals surface area contributed by atoms with Gasteiger partial charge in [-0.25, -0.2) is 4.39 Å². The third-order valence-electron chi connectivity index (χ3n) is 5.58. The lowest BCUT2D eigenvalue weighted by atomic mass is 9.98. The highest BCUT2D eigenvalue weighted by Gasteiger charge is 2.27. The first-order chi connectivity index (χ1) is 13.6. The standard InChI is InChI=1S/C22H21FN2OS2/c1-14-12-18-19(27-14)7-2-15-13-20(28-21(15)18)22(26)25-10-8-24(9-11-25)17-5-3-16(23)4-6-17/h3-6,12-13H,2,7-11H2,1H3. The molecule has 1 amide bonds. The number of aryl methyl sites for hydroxylation is 3. The fourth-order valence-corrected chi connectivity index (χ4v) is 6.44. The molecule has 1 aliphatic carbocycles. The van der Waals surface area contributed by atoms with E-state index in [9.17, 15) is 9.18 Å². The normalized spacial score (nSPS) is 16.1. The summed E-state index contributed by atoms with van der Waals surface area (Å²) < 4.78 is 13.1. The number of anilines is 1. The minimum Gasteiger partial charge on any atom is -0.368 e. The molecule has 3 aromatic rings. The first kappa shape index (κ1) is 17.9. The van der Waals surface area contributed by atoms with Gasteiger partial charge in [-0.15, -0.1) is 22.7 Å². The molecule has 3 heterocycles. The third kappa shape index (κ3) is 3.14. The van der Waals surface area contributed by atoms with E-state index in [1.807, 2.05) is 16.2 Å². The van der Waals surface area contributed by atoms with Crippen molar-refractivity contribution >= 4 is 34.3 Å². The van der Waals surface area contributed by atoms with Crippen molar-refractivity contribution in [2.24, 2.45) is 0 Å². The molecule has 1 saturated heterocycles. The molecule has 0 bridgehead atoms. The molecular formula is C22H21FN2OS2. The molecule has 1 fully saturated rings. The quantitative estimate of drug-likeness (QED) is 0.592. The van der Waals surface area contributed by atoms with Crippen LogP contribution in [0.1, 0.15) is 25.0 Å². The van der Waals surface area contributed by atoms with E-state index in [4.69, 9.17) is 0 Å². The van der Waals surface area contributed by atoms with Crippen LogP contribution in [0.5, 0.6) is 0 Å². The first-order valence-electron chi connectivity index (χ1n) is 9.60. The highest BCUT2D eigenvalue weighted by atomic mass is 32.1. The monoisotopic (exact) mass is 412 g/mol. The van der Waals surface area contributed by atoms with Gasteiger partial charge in [0, 0.05) is 52.1 Å². The Hall–Kier alpha value is -2.18. The Morgan fingerprint density at radius 3 is 2.50 bits per heavy atom. The first-order valence-corrected chi connectivity index (χ1v) is 11.2. The molecule has 0 N–H and O–H groups in total. The van der Waals surface area contributed by atoms with Gasteiger partial charge in [0.05, 0.1) is 4.88 Å². The van der Waals surface area contributed by atoms with Crippen LogP contribution in [0.4, 0.5) is 10.1 Å². The van der Waals surface area contributed by atoms with Gasteiger partial charge >= 0.3 is 0 Å². The van der Waals surface area contributed by atoms with Gasteiger partial charge in [-0.2, -0.15) is 0 Å². The predicted octanol–water partition coefficient (Wildman–Crippen LogP) is 4.99. The molecule has 1 aromatic carbocycles. The van der Waals surface area contributed by atoms with Gasteiger partial charge < -0.3 is 9.80 Å². The maximum Gasteiger partial charge on any atom is 0.264 e. The Kier molecular flexibility index (Phi) is 4.48. The van der Waals surface area contributed by atoms with Crippen molar-refractivity contribution in [1.82, 2.24) is 4.90 Å².